The number of ether oxygens (including phenoxy) is 1. The summed E-state index contributed by atoms with van der Waals surface area (Å²) in [5.41, 5.74) is 1.11. The van der Waals surface area contributed by atoms with Gasteiger partial charge in [0, 0.05) is 6.54 Å². The summed E-state index contributed by atoms with van der Waals surface area (Å²) in [7, 11) is 0. The molecule has 1 atom stereocenters. The number of carboxylic acids is 1. The molecule has 1 fully saturated rings. The molecule has 5 heteroatoms. The van der Waals surface area contributed by atoms with Gasteiger partial charge >= 0.3 is 5.97 Å². The van der Waals surface area contributed by atoms with Crippen molar-refractivity contribution < 1.29 is 14.6 Å². The third-order valence-electron chi connectivity index (χ3n) is 3.83. The van der Waals surface area contributed by atoms with Gasteiger partial charge in [-0.3, -0.25) is 9.69 Å². The van der Waals surface area contributed by atoms with Crippen LogP contribution >= 0.6 is 11.6 Å². The van der Waals surface area contributed by atoms with Crippen molar-refractivity contribution in [3.05, 3.63) is 28.8 Å². The molecule has 0 bridgehead atoms. The fraction of sp³-hybridized carbons (Fsp3) is 0.562. The summed E-state index contributed by atoms with van der Waals surface area (Å²) in [4.78, 5) is 13.3. The van der Waals surface area contributed by atoms with Crippen molar-refractivity contribution in [2.45, 2.75) is 38.6 Å². The number of piperidine rings is 1. The second kappa shape index (κ2) is 7.66. The minimum atomic E-state index is -0.711. The zero-order valence-electron chi connectivity index (χ0n) is 12.3. The van der Waals surface area contributed by atoms with Gasteiger partial charge in [0.25, 0.3) is 0 Å². The number of aliphatic carboxylic acids is 1. The standard InChI is InChI=1S/C16H22ClNO3/c1-12-6-7-13(17)15(11-12)21-10-4-9-18-8-3-2-5-14(18)16(19)20/h6-7,11,14H,2-5,8-10H2,1H3,(H,19,20). The number of carboxylic acid groups (broad SMARTS) is 1. The van der Waals surface area contributed by atoms with Crippen molar-refractivity contribution in [1.82, 2.24) is 4.90 Å². The van der Waals surface area contributed by atoms with E-state index in [1.165, 1.54) is 0 Å². The van der Waals surface area contributed by atoms with Crippen LogP contribution in [-0.4, -0.2) is 41.7 Å². The highest BCUT2D eigenvalue weighted by Crippen LogP contribution is 2.25. The number of carbonyl (C=O) groups is 1. The Morgan fingerprint density at radius 1 is 1.48 bits per heavy atom. The summed E-state index contributed by atoms with van der Waals surface area (Å²) in [6, 6.07) is 5.36. The van der Waals surface area contributed by atoms with Gasteiger partial charge in [0.1, 0.15) is 11.8 Å². The van der Waals surface area contributed by atoms with Crippen LogP contribution in [0.15, 0.2) is 18.2 Å². The molecule has 1 heterocycles. The lowest BCUT2D eigenvalue weighted by Crippen LogP contribution is -2.45. The number of aryl methyl sites for hydroxylation is 1. The summed E-state index contributed by atoms with van der Waals surface area (Å²) in [6.45, 7) is 4.16. The number of hydrogen-bond donors (Lipinski definition) is 1. The molecule has 1 saturated heterocycles. The molecule has 0 aliphatic carbocycles. The van der Waals surface area contributed by atoms with Gasteiger partial charge in [0.2, 0.25) is 0 Å². The van der Waals surface area contributed by atoms with Gasteiger partial charge in [-0.15, -0.1) is 0 Å². The fourth-order valence-corrected chi connectivity index (χ4v) is 2.88. The lowest BCUT2D eigenvalue weighted by molar-refractivity contribution is -0.144. The van der Waals surface area contributed by atoms with Gasteiger partial charge in [0.05, 0.1) is 11.6 Å². The zero-order chi connectivity index (χ0) is 15.2. The molecular weight excluding hydrogens is 290 g/mol. The first kappa shape index (κ1) is 16.1. The van der Waals surface area contributed by atoms with E-state index in [-0.39, 0.29) is 6.04 Å². The average Bonchev–Trinajstić information content (AvgIpc) is 2.47. The molecule has 0 amide bonds. The van der Waals surface area contributed by atoms with E-state index in [2.05, 4.69) is 0 Å². The van der Waals surface area contributed by atoms with Crippen LogP contribution in [0.1, 0.15) is 31.2 Å². The number of benzene rings is 1. The molecule has 0 spiro atoms. The minimum absolute atomic E-state index is 0.332. The van der Waals surface area contributed by atoms with Crippen LogP contribution in [0.3, 0.4) is 0 Å². The Morgan fingerprint density at radius 3 is 3.05 bits per heavy atom. The van der Waals surface area contributed by atoms with Crippen LogP contribution in [0.2, 0.25) is 5.02 Å². The molecule has 0 aromatic heterocycles. The van der Waals surface area contributed by atoms with Gasteiger partial charge < -0.3 is 9.84 Å². The number of nitrogens with zero attached hydrogens (tertiary/aromatic N) is 1. The summed E-state index contributed by atoms with van der Waals surface area (Å²) < 4.78 is 5.70. The molecule has 21 heavy (non-hydrogen) atoms. The second-order valence-electron chi connectivity index (χ2n) is 5.52. The molecule has 116 valence electrons. The molecule has 1 aromatic rings. The number of rotatable bonds is 6. The Morgan fingerprint density at radius 2 is 2.29 bits per heavy atom. The molecule has 1 aliphatic rings. The predicted molar refractivity (Wildman–Crippen MR) is 83.1 cm³/mol. The van der Waals surface area contributed by atoms with E-state index in [0.717, 1.165) is 44.3 Å². The number of likely N-dealkylation sites (tertiary alicyclic amines) is 1. The van der Waals surface area contributed by atoms with E-state index in [0.29, 0.717) is 17.4 Å². The molecule has 1 N–H and O–H groups in total. The van der Waals surface area contributed by atoms with Crippen LogP contribution in [0.4, 0.5) is 0 Å². The van der Waals surface area contributed by atoms with Crippen LogP contribution in [0.5, 0.6) is 5.75 Å². The first-order chi connectivity index (χ1) is 10.1. The van der Waals surface area contributed by atoms with E-state index < -0.39 is 5.97 Å². The summed E-state index contributed by atoms with van der Waals surface area (Å²) in [5, 5.41) is 9.83. The van der Waals surface area contributed by atoms with Crippen molar-refractivity contribution in [2.75, 3.05) is 19.7 Å². The molecular formula is C16H22ClNO3. The van der Waals surface area contributed by atoms with Crippen LogP contribution in [0.25, 0.3) is 0 Å². The molecule has 1 aliphatic heterocycles. The first-order valence-corrected chi connectivity index (χ1v) is 7.81. The molecule has 0 radical (unpaired) electrons. The van der Waals surface area contributed by atoms with Crippen molar-refractivity contribution in [3.8, 4) is 5.75 Å². The lowest BCUT2D eigenvalue weighted by Gasteiger charge is -2.32. The Balaban J connectivity index is 1.78. The molecule has 4 nitrogen and oxygen atoms in total. The Kier molecular flexibility index (Phi) is 5.88. The maximum Gasteiger partial charge on any atom is 0.320 e. The highest BCUT2D eigenvalue weighted by molar-refractivity contribution is 6.32. The van der Waals surface area contributed by atoms with Gasteiger partial charge in [0.15, 0.2) is 0 Å². The van der Waals surface area contributed by atoms with Crippen LogP contribution in [0, 0.1) is 6.92 Å². The maximum atomic E-state index is 11.2. The normalized spacial score (nSPS) is 19.4. The Labute approximate surface area is 130 Å². The predicted octanol–water partition coefficient (Wildman–Crippen LogP) is 3.36. The topological polar surface area (TPSA) is 49.8 Å². The Bertz CT molecular complexity index is 492. The van der Waals surface area contributed by atoms with Gasteiger partial charge in [-0.25, -0.2) is 0 Å². The Hall–Kier alpha value is -1.26. The van der Waals surface area contributed by atoms with Gasteiger partial charge in [-0.1, -0.05) is 24.1 Å². The van der Waals surface area contributed by atoms with Crippen molar-refractivity contribution in [1.29, 1.82) is 0 Å². The average molecular weight is 312 g/mol. The second-order valence-corrected chi connectivity index (χ2v) is 5.93. The smallest absolute Gasteiger partial charge is 0.320 e. The summed E-state index contributed by atoms with van der Waals surface area (Å²) in [6.07, 6.45) is 3.63. The summed E-state index contributed by atoms with van der Waals surface area (Å²) >= 11 is 6.08. The zero-order valence-corrected chi connectivity index (χ0v) is 13.1. The fourth-order valence-electron chi connectivity index (χ4n) is 2.71. The monoisotopic (exact) mass is 311 g/mol. The number of hydrogen-bond acceptors (Lipinski definition) is 3. The lowest BCUT2D eigenvalue weighted by atomic mass is 10.0. The quantitative estimate of drug-likeness (QED) is 0.818. The minimum Gasteiger partial charge on any atom is -0.492 e. The molecule has 1 unspecified atom stereocenters. The van der Waals surface area contributed by atoms with Crippen molar-refractivity contribution in [2.24, 2.45) is 0 Å². The van der Waals surface area contributed by atoms with Gasteiger partial charge in [-0.2, -0.15) is 0 Å². The van der Waals surface area contributed by atoms with E-state index in [9.17, 15) is 9.90 Å². The third kappa shape index (κ3) is 4.61. The molecule has 1 aromatic carbocycles. The maximum absolute atomic E-state index is 11.2. The highest BCUT2D eigenvalue weighted by atomic mass is 35.5. The highest BCUT2D eigenvalue weighted by Gasteiger charge is 2.27. The molecule has 2 rings (SSSR count). The van der Waals surface area contributed by atoms with Gasteiger partial charge in [-0.05, 0) is 50.4 Å². The van der Waals surface area contributed by atoms with E-state index in [1.807, 2.05) is 30.0 Å². The third-order valence-corrected chi connectivity index (χ3v) is 4.14. The van der Waals surface area contributed by atoms with Crippen molar-refractivity contribution >= 4 is 17.6 Å². The van der Waals surface area contributed by atoms with E-state index >= 15 is 0 Å². The first-order valence-electron chi connectivity index (χ1n) is 7.44. The van der Waals surface area contributed by atoms with E-state index in [4.69, 9.17) is 16.3 Å². The number of halogens is 1. The SMILES string of the molecule is Cc1ccc(Cl)c(OCCCN2CCCCC2C(=O)O)c1. The summed E-state index contributed by atoms with van der Waals surface area (Å²) in [5.74, 6) is -0.0116. The van der Waals surface area contributed by atoms with Crippen LogP contribution < -0.4 is 4.74 Å². The van der Waals surface area contributed by atoms with Crippen molar-refractivity contribution in [3.63, 3.8) is 0 Å². The largest absolute Gasteiger partial charge is 0.492 e. The molecule has 0 saturated carbocycles. The van der Waals surface area contributed by atoms with Crippen LogP contribution in [-0.2, 0) is 4.79 Å². The van der Waals surface area contributed by atoms with E-state index in [1.54, 1.807) is 0 Å².